The van der Waals surface area contributed by atoms with Crippen molar-refractivity contribution in [2.45, 2.75) is 26.3 Å². The van der Waals surface area contributed by atoms with Crippen LogP contribution in [0, 0.1) is 0 Å². The summed E-state index contributed by atoms with van der Waals surface area (Å²) < 4.78 is 5.89. The minimum absolute atomic E-state index is 0.0145. The van der Waals surface area contributed by atoms with Crippen LogP contribution in [0.1, 0.15) is 23.8 Å². The van der Waals surface area contributed by atoms with E-state index in [1.807, 2.05) is 61.5 Å². The molecule has 0 bridgehead atoms. The van der Waals surface area contributed by atoms with Crippen LogP contribution in [0.25, 0.3) is 11.0 Å². The zero-order valence-corrected chi connectivity index (χ0v) is 15.7. The number of nitrogens with one attached hydrogen (secondary N) is 1. The number of aryl methyl sites for hydroxylation is 1. The summed E-state index contributed by atoms with van der Waals surface area (Å²) in [6, 6.07) is 17.3. The predicted octanol–water partition coefficient (Wildman–Crippen LogP) is 3.31. The van der Waals surface area contributed by atoms with Gasteiger partial charge in [0.05, 0.1) is 13.0 Å². The molecular formula is C22H24N2O3. The molecule has 0 saturated carbocycles. The molecule has 140 valence electrons. The molecule has 2 amide bonds. The third kappa shape index (κ3) is 4.56. The zero-order chi connectivity index (χ0) is 19.2. The van der Waals surface area contributed by atoms with Crippen molar-refractivity contribution in [3.05, 3.63) is 71.5 Å². The second-order valence-corrected chi connectivity index (χ2v) is 6.54. The first-order valence-corrected chi connectivity index (χ1v) is 9.12. The van der Waals surface area contributed by atoms with E-state index in [4.69, 9.17) is 4.42 Å². The molecule has 2 aromatic carbocycles. The number of hydrogen-bond acceptors (Lipinski definition) is 3. The van der Waals surface area contributed by atoms with Crippen molar-refractivity contribution < 1.29 is 14.0 Å². The Morgan fingerprint density at radius 2 is 1.74 bits per heavy atom. The number of likely N-dealkylation sites (N-methyl/N-ethyl adjacent to an activating group) is 1. The number of nitrogens with zero attached hydrogens (tertiary/aromatic N) is 1. The van der Waals surface area contributed by atoms with E-state index in [0.717, 1.165) is 34.3 Å². The Labute approximate surface area is 159 Å². The van der Waals surface area contributed by atoms with E-state index < -0.39 is 0 Å². The number of rotatable bonds is 7. The smallest absolute Gasteiger partial charge is 0.242 e. The summed E-state index contributed by atoms with van der Waals surface area (Å²) in [5.41, 5.74) is 2.79. The Kier molecular flexibility index (Phi) is 5.91. The number of hydrogen-bond donors (Lipinski definition) is 1. The van der Waals surface area contributed by atoms with Gasteiger partial charge in [-0.1, -0.05) is 55.5 Å². The van der Waals surface area contributed by atoms with Crippen molar-refractivity contribution in [3.63, 3.8) is 0 Å². The second-order valence-electron chi connectivity index (χ2n) is 6.54. The average Bonchev–Trinajstić information content (AvgIpc) is 3.04. The highest BCUT2D eigenvalue weighted by Crippen LogP contribution is 2.27. The van der Waals surface area contributed by atoms with Crippen LogP contribution in [-0.4, -0.2) is 30.3 Å². The van der Waals surface area contributed by atoms with Gasteiger partial charge in [0.15, 0.2) is 0 Å². The Morgan fingerprint density at radius 1 is 1.04 bits per heavy atom. The number of para-hydroxylation sites is 1. The second kappa shape index (κ2) is 8.54. The van der Waals surface area contributed by atoms with Crippen LogP contribution >= 0.6 is 0 Å². The van der Waals surface area contributed by atoms with E-state index in [1.54, 1.807) is 11.9 Å². The molecule has 0 unspecified atom stereocenters. The molecule has 5 nitrogen and oxygen atoms in total. The summed E-state index contributed by atoms with van der Waals surface area (Å²) in [5.74, 6) is 0.596. The van der Waals surface area contributed by atoms with Crippen molar-refractivity contribution in [2.75, 3.05) is 13.6 Å². The molecule has 1 aromatic heterocycles. The van der Waals surface area contributed by atoms with Gasteiger partial charge in [-0.05, 0) is 11.6 Å². The summed E-state index contributed by atoms with van der Waals surface area (Å²) in [7, 11) is 1.74. The fourth-order valence-electron chi connectivity index (χ4n) is 3.09. The van der Waals surface area contributed by atoms with Crippen LogP contribution in [0.3, 0.4) is 0 Å². The summed E-state index contributed by atoms with van der Waals surface area (Å²) in [5, 5.41) is 3.73. The van der Waals surface area contributed by atoms with Crippen molar-refractivity contribution in [1.29, 1.82) is 0 Å². The number of amides is 2. The summed E-state index contributed by atoms with van der Waals surface area (Å²) in [6.45, 7) is 2.47. The van der Waals surface area contributed by atoms with E-state index >= 15 is 0 Å². The van der Waals surface area contributed by atoms with Gasteiger partial charge in [0.2, 0.25) is 11.8 Å². The summed E-state index contributed by atoms with van der Waals surface area (Å²) in [4.78, 5) is 26.1. The van der Waals surface area contributed by atoms with Crippen LogP contribution in [-0.2, 0) is 29.0 Å². The first kappa shape index (κ1) is 18.7. The molecule has 0 radical (unpaired) electrons. The van der Waals surface area contributed by atoms with E-state index in [9.17, 15) is 9.59 Å². The van der Waals surface area contributed by atoms with Crippen LogP contribution in [0.5, 0.6) is 0 Å². The monoisotopic (exact) mass is 364 g/mol. The van der Waals surface area contributed by atoms with Crippen molar-refractivity contribution >= 4 is 22.8 Å². The van der Waals surface area contributed by atoms with E-state index in [0.29, 0.717) is 6.54 Å². The van der Waals surface area contributed by atoms with Crippen LogP contribution in [0.4, 0.5) is 0 Å². The number of carbonyl (C=O) groups excluding carboxylic acids is 2. The fourth-order valence-corrected chi connectivity index (χ4v) is 3.09. The highest BCUT2D eigenvalue weighted by molar-refractivity contribution is 5.86. The molecule has 0 fully saturated rings. The first-order valence-electron chi connectivity index (χ1n) is 9.12. The molecule has 0 aliphatic carbocycles. The lowest BCUT2D eigenvalue weighted by atomic mass is 10.1. The minimum atomic E-state index is -0.161. The highest BCUT2D eigenvalue weighted by Gasteiger charge is 2.17. The largest absolute Gasteiger partial charge is 0.461 e. The molecule has 5 heteroatoms. The Balaban J connectivity index is 1.59. The molecule has 0 aliphatic rings. The van der Waals surface area contributed by atoms with Gasteiger partial charge in [-0.2, -0.15) is 0 Å². The summed E-state index contributed by atoms with van der Waals surface area (Å²) >= 11 is 0. The number of furan rings is 1. The van der Waals surface area contributed by atoms with E-state index in [-0.39, 0.29) is 24.8 Å². The van der Waals surface area contributed by atoms with Gasteiger partial charge in [-0.25, -0.2) is 0 Å². The third-order valence-electron chi connectivity index (χ3n) is 4.57. The first-order chi connectivity index (χ1) is 13.1. The standard InChI is InChI=1S/C22H24N2O3/c1-3-19-18(17-11-7-8-12-20(17)27-19)15-24(2)22(26)14-23-21(25)13-16-9-5-4-6-10-16/h4-12H,3,13-15H2,1-2H3,(H,23,25). The highest BCUT2D eigenvalue weighted by atomic mass is 16.3. The Morgan fingerprint density at radius 3 is 2.48 bits per heavy atom. The van der Waals surface area contributed by atoms with Crippen LogP contribution < -0.4 is 5.32 Å². The SMILES string of the molecule is CCc1oc2ccccc2c1CN(C)C(=O)CNC(=O)Cc1ccccc1. The third-order valence-corrected chi connectivity index (χ3v) is 4.57. The maximum Gasteiger partial charge on any atom is 0.242 e. The molecule has 27 heavy (non-hydrogen) atoms. The van der Waals surface area contributed by atoms with Gasteiger partial charge >= 0.3 is 0 Å². The van der Waals surface area contributed by atoms with Crippen molar-refractivity contribution in [3.8, 4) is 0 Å². The lowest BCUT2D eigenvalue weighted by molar-refractivity contribution is -0.132. The molecule has 0 spiro atoms. The van der Waals surface area contributed by atoms with Gasteiger partial charge in [0, 0.05) is 31.0 Å². The van der Waals surface area contributed by atoms with Crippen molar-refractivity contribution in [1.82, 2.24) is 10.2 Å². The van der Waals surface area contributed by atoms with Gasteiger partial charge in [-0.15, -0.1) is 0 Å². The molecule has 0 atom stereocenters. The van der Waals surface area contributed by atoms with Gasteiger partial charge < -0.3 is 14.6 Å². The molecular weight excluding hydrogens is 340 g/mol. The topological polar surface area (TPSA) is 62.6 Å². The molecule has 0 saturated heterocycles. The molecule has 3 aromatic rings. The lowest BCUT2D eigenvalue weighted by Crippen LogP contribution is -2.38. The Hall–Kier alpha value is -3.08. The molecule has 1 heterocycles. The summed E-state index contributed by atoms with van der Waals surface area (Å²) in [6.07, 6.45) is 1.03. The number of benzene rings is 2. The quantitative estimate of drug-likeness (QED) is 0.700. The zero-order valence-electron chi connectivity index (χ0n) is 15.7. The molecule has 0 aliphatic heterocycles. The molecule has 1 N–H and O–H groups in total. The van der Waals surface area contributed by atoms with Gasteiger partial charge in [0.25, 0.3) is 0 Å². The van der Waals surface area contributed by atoms with Gasteiger partial charge in [-0.3, -0.25) is 9.59 Å². The maximum atomic E-state index is 12.4. The van der Waals surface area contributed by atoms with Crippen LogP contribution in [0.15, 0.2) is 59.0 Å². The van der Waals surface area contributed by atoms with Crippen LogP contribution in [0.2, 0.25) is 0 Å². The normalized spacial score (nSPS) is 10.7. The van der Waals surface area contributed by atoms with E-state index in [2.05, 4.69) is 5.32 Å². The average molecular weight is 364 g/mol. The lowest BCUT2D eigenvalue weighted by Gasteiger charge is -2.18. The fraction of sp³-hybridized carbons (Fsp3) is 0.273. The minimum Gasteiger partial charge on any atom is -0.461 e. The van der Waals surface area contributed by atoms with E-state index in [1.165, 1.54) is 0 Å². The number of fused-ring (bicyclic) bond motifs is 1. The maximum absolute atomic E-state index is 12.4. The molecule has 3 rings (SSSR count). The van der Waals surface area contributed by atoms with Crippen molar-refractivity contribution in [2.24, 2.45) is 0 Å². The predicted molar refractivity (Wildman–Crippen MR) is 105 cm³/mol. The number of carbonyl (C=O) groups is 2. The van der Waals surface area contributed by atoms with Gasteiger partial charge in [0.1, 0.15) is 11.3 Å². The Bertz CT molecular complexity index is 931.